The van der Waals surface area contributed by atoms with Crippen molar-refractivity contribution in [3.63, 3.8) is 0 Å². The number of carbonyl (C=O) groups is 1. The maximum atomic E-state index is 12.1. The highest BCUT2D eigenvalue weighted by molar-refractivity contribution is 5.90. The molecule has 0 fully saturated rings. The van der Waals surface area contributed by atoms with E-state index < -0.39 is 0 Å². The third-order valence-electron chi connectivity index (χ3n) is 2.95. The zero-order valence-electron chi connectivity index (χ0n) is 12.8. The van der Waals surface area contributed by atoms with Crippen molar-refractivity contribution in [1.29, 1.82) is 0 Å². The molecule has 0 aliphatic rings. The van der Waals surface area contributed by atoms with Crippen molar-refractivity contribution >= 4 is 11.7 Å². The molecule has 0 atom stereocenters. The third kappa shape index (κ3) is 4.16. The Hall–Kier alpha value is -2.15. The van der Waals surface area contributed by atoms with Crippen LogP contribution in [-0.4, -0.2) is 57.1 Å². The lowest BCUT2D eigenvalue weighted by Crippen LogP contribution is -2.36. The number of rotatable bonds is 7. The van der Waals surface area contributed by atoms with Crippen molar-refractivity contribution in [2.45, 2.75) is 6.92 Å². The number of hydrogen-bond acceptors (Lipinski definition) is 5. The Morgan fingerprint density at radius 1 is 1.19 bits per heavy atom. The molecule has 0 radical (unpaired) electrons. The molecule has 0 aromatic heterocycles. The average Bonchev–Trinajstić information content (AvgIpc) is 2.51. The smallest absolute Gasteiger partial charge is 0.321 e. The van der Waals surface area contributed by atoms with E-state index in [1.54, 1.807) is 12.1 Å². The van der Waals surface area contributed by atoms with Crippen LogP contribution in [0.2, 0.25) is 0 Å². The molecule has 118 valence electrons. The number of ether oxygens (including phenoxy) is 3. The summed E-state index contributed by atoms with van der Waals surface area (Å²) in [5, 5.41) is 11.7. The first-order valence-electron chi connectivity index (χ1n) is 6.58. The number of benzene rings is 1. The lowest BCUT2D eigenvalue weighted by Gasteiger charge is -2.21. The highest BCUT2D eigenvalue weighted by Gasteiger charge is 2.16. The number of aliphatic hydroxyl groups excluding tert-OH is 1. The van der Waals surface area contributed by atoms with Crippen molar-refractivity contribution in [3.05, 3.63) is 12.1 Å². The van der Waals surface area contributed by atoms with Gasteiger partial charge in [0.1, 0.15) is 0 Å². The van der Waals surface area contributed by atoms with Gasteiger partial charge in [-0.1, -0.05) is 0 Å². The fraction of sp³-hybridized carbons (Fsp3) is 0.500. The van der Waals surface area contributed by atoms with Crippen molar-refractivity contribution in [1.82, 2.24) is 4.90 Å². The molecule has 0 spiro atoms. The molecule has 21 heavy (non-hydrogen) atoms. The standard InChI is InChI=1S/C14H22N2O5/c1-5-16(6-7-17)14(18)15-10-8-11(19-2)13(21-4)12(9-10)20-3/h8-9,17H,5-7H2,1-4H3,(H,15,18). The third-order valence-corrected chi connectivity index (χ3v) is 2.95. The second-order valence-electron chi connectivity index (χ2n) is 4.15. The number of likely N-dealkylation sites (N-methyl/N-ethyl adjacent to an activating group) is 1. The number of amides is 2. The molecule has 0 heterocycles. The minimum atomic E-state index is -0.305. The molecule has 7 nitrogen and oxygen atoms in total. The van der Waals surface area contributed by atoms with E-state index >= 15 is 0 Å². The van der Waals surface area contributed by atoms with Gasteiger partial charge in [0.15, 0.2) is 11.5 Å². The summed E-state index contributed by atoms with van der Waals surface area (Å²) in [7, 11) is 4.53. The van der Waals surface area contributed by atoms with Gasteiger partial charge in [0, 0.05) is 25.2 Å². The highest BCUT2D eigenvalue weighted by atomic mass is 16.5. The van der Waals surface area contributed by atoms with E-state index in [4.69, 9.17) is 19.3 Å². The molecule has 0 unspecified atom stereocenters. The molecule has 0 aliphatic carbocycles. The Labute approximate surface area is 124 Å². The molecule has 0 aliphatic heterocycles. The SMILES string of the molecule is CCN(CCO)C(=O)Nc1cc(OC)c(OC)c(OC)c1. The predicted octanol–water partition coefficient (Wildman–Crippen LogP) is 1.56. The summed E-state index contributed by atoms with van der Waals surface area (Å²) in [6.45, 7) is 2.52. The summed E-state index contributed by atoms with van der Waals surface area (Å²) in [5.74, 6) is 1.37. The van der Waals surface area contributed by atoms with Gasteiger partial charge in [-0.15, -0.1) is 0 Å². The van der Waals surface area contributed by atoms with Crippen LogP contribution in [0, 0.1) is 0 Å². The molecule has 2 amide bonds. The van der Waals surface area contributed by atoms with Gasteiger partial charge in [-0.2, -0.15) is 0 Å². The van der Waals surface area contributed by atoms with Crippen LogP contribution >= 0.6 is 0 Å². The minimum Gasteiger partial charge on any atom is -0.493 e. The summed E-state index contributed by atoms with van der Waals surface area (Å²) in [6, 6.07) is 2.98. The molecule has 1 rings (SSSR count). The largest absolute Gasteiger partial charge is 0.493 e. The monoisotopic (exact) mass is 298 g/mol. The number of methoxy groups -OCH3 is 3. The van der Waals surface area contributed by atoms with Crippen molar-refractivity contribution in [2.75, 3.05) is 46.3 Å². The number of aliphatic hydroxyl groups is 1. The van der Waals surface area contributed by atoms with E-state index in [0.29, 0.717) is 29.5 Å². The number of anilines is 1. The molecule has 2 N–H and O–H groups in total. The van der Waals surface area contributed by atoms with Gasteiger partial charge in [-0.3, -0.25) is 0 Å². The lowest BCUT2D eigenvalue weighted by atomic mass is 10.2. The maximum absolute atomic E-state index is 12.1. The van der Waals surface area contributed by atoms with Crippen LogP contribution in [0.1, 0.15) is 6.92 Å². The zero-order chi connectivity index (χ0) is 15.8. The Morgan fingerprint density at radius 2 is 1.76 bits per heavy atom. The number of carbonyl (C=O) groups excluding carboxylic acids is 1. The van der Waals surface area contributed by atoms with E-state index in [2.05, 4.69) is 5.32 Å². The first-order chi connectivity index (χ1) is 10.1. The van der Waals surface area contributed by atoms with Gasteiger partial charge in [-0.05, 0) is 6.92 Å². The topological polar surface area (TPSA) is 80.3 Å². The molecule has 1 aromatic carbocycles. The Kier molecular flexibility index (Phi) is 6.61. The summed E-state index contributed by atoms with van der Waals surface area (Å²) < 4.78 is 15.7. The quantitative estimate of drug-likeness (QED) is 0.798. The normalized spacial score (nSPS) is 9.95. The van der Waals surface area contributed by atoms with E-state index in [1.807, 2.05) is 6.92 Å². The van der Waals surface area contributed by atoms with E-state index in [-0.39, 0.29) is 19.2 Å². The molecular formula is C14H22N2O5. The zero-order valence-corrected chi connectivity index (χ0v) is 12.8. The van der Waals surface area contributed by atoms with Gasteiger partial charge in [-0.25, -0.2) is 4.79 Å². The van der Waals surface area contributed by atoms with Crippen LogP contribution < -0.4 is 19.5 Å². The predicted molar refractivity (Wildman–Crippen MR) is 79.4 cm³/mol. The van der Waals surface area contributed by atoms with Crippen molar-refractivity contribution < 1.29 is 24.1 Å². The lowest BCUT2D eigenvalue weighted by molar-refractivity contribution is 0.192. The van der Waals surface area contributed by atoms with Gasteiger partial charge in [0.05, 0.1) is 33.6 Å². The Balaban J connectivity index is 3.00. The van der Waals surface area contributed by atoms with Gasteiger partial charge in [0.25, 0.3) is 0 Å². The summed E-state index contributed by atoms with van der Waals surface area (Å²) >= 11 is 0. The molecule has 0 saturated carbocycles. The van der Waals surface area contributed by atoms with Gasteiger partial charge >= 0.3 is 6.03 Å². The minimum absolute atomic E-state index is 0.0868. The first-order valence-corrected chi connectivity index (χ1v) is 6.58. The van der Waals surface area contributed by atoms with Crippen LogP contribution in [0.5, 0.6) is 17.2 Å². The second-order valence-corrected chi connectivity index (χ2v) is 4.15. The van der Waals surface area contributed by atoms with Crippen LogP contribution in [0.15, 0.2) is 12.1 Å². The molecule has 1 aromatic rings. The molecule has 7 heteroatoms. The Morgan fingerprint density at radius 3 is 2.14 bits per heavy atom. The van der Waals surface area contributed by atoms with Crippen LogP contribution in [-0.2, 0) is 0 Å². The second kappa shape index (κ2) is 8.21. The number of hydrogen-bond donors (Lipinski definition) is 2. The number of nitrogens with one attached hydrogen (secondary N) is 1. The summed E-state index contributed by atoms with van der Waals surface area (Å²) in [4.78, 5) is 13.6. The first kappa shape index (κ1) is 16.9. The van der Waals surface area contributed by atoms with Crippen LogP contribution in [0.4, 0.5) is 10.5 Å². The number of urea groups is 1. The van der Waals surface area contributed by atoms with Crippen molar-refractivity contribution in [2.24, 2.45) is 0 Å². The fourth-order valence-corrected chi connectivity index (χ4v) is 1.88. The van der Waals surface area contributed by atoms with Gasteiger partial charge < -0.3 is 29.5 Å². The van der Waals surface area contributed by atoms with E-state index in [0.717, 1.165) is 0 Å². The Bertz CT molecular complexity index is 453. The highest BCUT2D eigenvalue weighted by Crippen LogP contribution is 2.39. The summed E-state index contributed by atoms with van der Waals surface area (Å²) in [5.41, 5.74) is 0.519. The number of nitrogens with zero attached hydrogens (tertiary/aromatic N) is 1. The van der Waals surface area contributed by atoms with Crippen molar-refractivity contribution in [3.8, 4) is 17.2 Å². The fourth-order valence-electron chi connectivity index (χ4n) is 1.88. The average molecular weight is 298 g/mol. The summed E-state index contributed by atoms with van der Waals surface area (Å²) in [6.07, 6.45) is 0. The van der Waals surface area contributed by atoms with Crippen LogP contribution in [0.3, 0.4) is 0 Å². The van der Waals surface area contributed by atoms with Crippen LogP contribution in [0.25, 0.3) is 0 Å². The maximum Gasteiger partial charge on any atom is 0.321 e. The van der Waals surface area contributed by atoms with E-state index in [1.165, 1.54) is 26.2 Å². The molecular weight excluding hydrogens is 276 g/mol. The van der Waals surface area contributed by atoms with E-state index in [9.17, 15) is 4.79 Å². The van der Waals surface area contributed by atoms with Gasteiger partial charge in [0.2, 0.25) is 5.75 Å². The molecule has 0 saturated heterocycles. The molecule has 0 bridgehead atoms.